The molecular weight excluding hydrogens is 359 g/mol. The van der Waals surface area contributed by atoms with Gasteiger partial charge in [-0.1, -0.05) is 13.0 Å². The van der Waals surface area contributed by atoms with E-state index in [1.165, 1.54) is 18.3 Å². The standard InChI is InChI=1S/C18H18F3N5O/c1-11-8-22-9-14(11)25-16-4-2-3-13(24-16)15-10-23-17-7-12(5-6-26(15)17)27-18(19,20)21/h2-7,10-11,14,22H,8-9H2,1H3,(H,24,25). The maximum Gasteiger partial charge on any atom is 0.573 e. The van der Waals surface area contributed by atoms with Crippen molar-refractivity contribution in [3.05, 3.63) is 42.7 Å². The Labute approximate surface area is 153 Å². The van der Waals surface area contributed by atoms with Crippen molar-refractivity contribution in [2.75, 3.05) is 18.4 Å². The van der Waals surface area contributed by atoms with Crippen molar-refractivity contribution in [3.8, 4) is 17.1 Å². The van der Waals surface area contributed by atoms with Gasteiger partial charge < -0.3 is 15.4 Å². The third-order valence-electron chi connectivity index (χ3n) is 4.58. The number of nitrogens with zero attached hydrogens (tertiary/aromatic N) is 3. The minimum absolute atomic E-state index is 0.303. The minimum Gasteiger partial charge on any atom is -0.406 e. The normalized spacial score (nSPS) is 20.1. The highest BCUT2D eigenvalue weighted by Crippen LogP contribution is 2.26. The molecule has 0 spiro atoms. The van der Waals surface area contributed by atoms with Crippen LogP contribution in [0, 0.1) is 5.92 Å². The lowest BCUT2D eigenvalue weighted by Crippen LogP contribution is -2.27. The molecule has 9 heteroatoms. The Bertz CT molecular complexity index is 956. The number of hydrogen-bond donors (Lipinski definition) is 2. The second-order valence-corrected chi connectivity index (χ2v) is 6.58. The number of hydrogen-bond acceptors (Lipinski definition) is 5. The number of fused-ring (bicyclic) bond motifs is 1. The van der Waals surface area contributed by atoms with Crippen molar-refractivity contribution in [3.63, 3.8) is 0 Å². The molecule has 3 aromatic heterocycles. The lowest BCUT2D eigenvalue weighted by atomic mass is 10.1. The number of rotatable bonds is 4. The van der Waals surface area contributed by atoms with E-state index in [9.17, 15) is 13.2 Å². The molecule has 0 saturated carbocycles. The van der Waals surface area contributed by atoms with E-state index >= 15 is 0 Å². The first-order valence-electron chi connectivity index (χ1n) is 8.56. The predicted molar refractivity (Wildman–Crippen MR) is 94.6 cm³/mol. The van der Waals surface area contributed by atoms with Gasteiger partial charge in [0, 0.05) is 24.8 Å². The van der Waals surface area contributed by atoms with Gasteiger partial charge in [-0.05, 0) is 30.7 Å². The number of halogens is 3. The molecule has 1 aliphatic rings. The Morgan fingerprint density at radius 2 is 2.11 bits per heavy atom. The summed E-state index contributed by atoms with van der Waals surface area (Å²) in [6, 6.07) is 8.41. The molecule has 4 heterocycles. The van der Waals surface area contributed by atoms with E-state index in [2.05, 4.69) is 32.3 Å². The Morgan fingerprint density at radius 1 is 1.26 bits per heavy atom. The first-order valence-corrected chi connectivity index (χ1v) is 8.56. The van der Waals surface area contributed by atoms with E-state index in [0.717, 1.165) is 18.9 Å². The predicted octanol–water partition coefficient (Wildman–Crippen LogP) is 3.31. The molecule has 2 N–H and O–H groups in total. The molecule has 0 bridgehead atoms. The summed E-state index contributed by atoms with van der Waals surface area (Å²) in [4.78, 5) is 8.81. The summed E-state index contributed by atoms with van der Waals surface area (Å²) < 4.78 is 42.8. The largest absolute Gasteiger partial charge is 0.573 e. The molecule has 1 fully saturated rings. The maximum absolute atomic E-state index is 12.4. The van der Waals surface area contributed by atoms with Crippen molar-refractivity contribution >= 4 is 11.5 Å². The molecule has 27 heavy (non-hydrogen) atoms. The fourth-order valence-corrected chi connectivity index (χ4v) is 3.20. The topological polar surface area (TPSA) is 63.5 Å². The van der Waals surface area contributed by atoms with Crippen LogP contribution in [0.4, 0.5) is 19.0 Å². The average Bonchev–Trinajstić information content (AvgIpc) is 3.20. The SMILES string of the molecule is CC1CNCC1Nc1cccc(-c2cnc3cc(OC(F)(F)F)ccn23)n1. The highest BCUT2D eigenvalue weighted by Gasteiger charge is 2.31. The van der Waals surface area contributed by atoms with Gasteiger partial charge in [0.05, 0.1) is 17.6 Å². The van der Waals surface area contributed by atoms with Crippen LogP contribution in [0.15, 0.2) is 42.7 Å². The molecule has 2 unspecified atom stereocenters. The molecular formula is C18H18F3N5O. The zero-order valence-electron chi connectivity index (χ0n) is 14.5. The number of nitrogens with one attached hydrogen (secondary N) is 2. The van der Waals surface area contributed by atoms with Crippen LogP contribution < -0.4 is 15.4 Å². The number of pyridine rings is 2. The summed E-state index contributed by atoms with van der Waals surface area (Å²) in [6.07, 6.45) is -1.66. The highest BCUT2D eigenvalue weighted by atomic mass is 19.4. The summed E-state index contributed by atoms with van der Waals surface area (Å²) >= 11 is 0. The monoisotopic (exact) mass is 377 g/mol. The maximum atomic E-state index is 12.4. The van der Waals surface area contributed by atoms with Crippen LogP contribution in [-0.2, 0) is 0 Å². The fraction of sp³-hybridized carbons (Fsp3) is 0.333. The number of imidazole rings is 1. The van der Waals surface area contributed by atoms with Gasteiger partial charge in [0.15, 0.2) is 0 Å². The number of anilines is 1. The molecule has 6 nitrogen and oxygen atoms in total. The zero-order valence-corrected chi connectivity index (χ0v) is 14.5. The Morgan fingerprint density at radius 3 is 2.85 bits per heavy atom. The lowest BCUT2D eigenvalue weighted by Gasteiger charge is -2.17. The summed E-state index contributed by atoms with van der Waals surface area (Å²) in [5, 5.41) is 6.76. The van der Waals surface area contributed by atoms with Gasteiger partial charge in [0.1, 0.15) is 17.2 Å². The van der Waals surface area contributed by atoms with Crippen molar-refractivity contribution in [1.82, 2.24) is 19.7 Å². The summed E-state index contributed by atoms with van der Waals surface area (Å²) in [5.74, 6) is 0.941. The minimum atomic E-state index is -4.73. The number of ether oxygens (including phenoxy) is 1. The molecule has 142 valence electrons. The van der Waals surface area contributed by atoms with Gasteiger partial charge in [-0.25, -0.2) is 9.97 Å². The van der Waals surface area contributed by atoms with E-state index in [1.54, 1.807) is 10.6 Å². The molecule has 0 aromatic carbocycles. The van der Waals surface area contributed by atoms with E-state index in [4.69, 9.17) is 0 Å². The van der Waals surface area contributed by atoms with Crippen molar-refractivity contribution < 1.29 is 17.9 Å². The van der Waals surface area contributed by atoms with Gasteiger partial charge in [0.25, 0.3) is 0 Å². The molecule has 0 radical (unpaired) electrons. The van der Waals surface area contributed by atoms with Crippen LogP contribution in [0.5, 0.6) is 5.75 Å². The quantitative estimate of drug-likeness (QED) is 0.730. The third kappa shape index (κ3) is 3.82. The Kier molecular flexibility index (Phi) is 4.39. The second kappa shape index (κ2) is 6.73. The van der Waals surface area contributed by atoms with E-state index in [-0.39, 0.29) is 5.75 Å². The molecule has 2 atom stereocenters. The number of aromatic nitrogens is 3. The smallest absolute Gasteiger partial charge is 0.406 e. The summed E-state index contributed by atoms with van der Waals surface area (Å²) in [6.45, 7) is 4.02. The van der Waals surface area contributed by atoms with E-state index in [0.29, 0.717) is 29.0 Å². The van der Waals surface area contributed by atoms with Crippen LogP contribution in [0.1, 0.15) is 6.92 Å². The first-order chi connectivity index (χ1) is 12.9. The highest BCUT2D eigenvalue weighted by molar-refractivity contribution is 5.62. The van der Waals surface area contributed by atoms with Gasteiger partial charge in [0.2, 0.25) is 0 Å². The Hall–Kier alpha value is -2.81. The summed E-state index contributed by atoms with van der Waals surface area (Å²) in [7, 11) is 0. The van der Waals surface area contributed by atoms with E-state index < -0.39 is 6.36 Å². The Balaban J connectivity index is 1.61. The second-order valence-electron chi connectivity index (χ2n) is 6.58. The van der Waals surface area contributed by atoms with Gasteiger partial charge in [-0.2, -0.15) is 0 Å². The molecule has 1 saturated heterocycles. The van der Waals surface area contributed by atoms with Crippen molar-refractivity contribution in [2.24, 2.45) is 5.92 Å². The molecule has 4 rings (SSSR count). The van der Waals surface area contributed by atoms with Crippen LogP contribution in [-0.4, -0.2) is 39.9 Å². The van der Waals surface area contributed by atoms with Crippen molar-refractivity contribution in [2.45, 2.75) is 19.3 Å². The zero-order chi connectivity index (χ0) is 19.0. The lowest BCUT2D eigenvalue weighted by molar-refractivity contribution is -0.274. The molecule has 0 amide bonds. The van der Waals surface area contributed by atoms with Crippen LogP contribution >= 0.6 is 0 Å². The fourth-order valence-electron chi connectivity index (χ4n) is 3.20. The summed E-state index contributed by atoms with van der Waals surface area (Å²) in [5.41, 5.74) is 1.71. The molecule has 1 aliphatic heterocycles. The van der Waals surface area contributed by atoms with Crippen LogP contribution in [0.3, 0.4) is 0 Å². The van der Waals surface area contributed by atoms with Crippen LogP contribution in [0.25, 0.3) is 17.0 Å². The van der Waals surface area contributed by atoms with E-state index in [1.807, 2.05) is 18.2 Å². The van der Waals surface area contributed by atoms with Gasteiger partial charge in [-0.3, -0.25) is 4.40 Å². The average molecular weight is 377 g/mol. The molecule has 0 aliphatic carbocycles. The van der Waals surface area contributed by atoms with Gasteiger partial charge in [-0.15, -0.1) is 13.2 Å². The van der Waals surface area contributed by atoms with Gasteiger partial charge >= 0.3 is 6.36 Å². The number of alkyl halides is 3. The first kappa shape index (κ1) is 17.6. The van der Waals surface area contributed by atoms with Crippen LogP contribution in [0.2, 0.25) is 0 Å². The van der Waals surface area contributed by atoms with Crippen molar-refractivity contribution in [1.29, 1.82) is 0 Å². The molecule has 3 aromatic rings. The third-order valence-corrected chi connectivity index (χ3v) is 4.58.